The van der Waals surface area contributed by atoms with Gasteiger partial charge in [0.15, 0.2) is 5.96 Å². The number of nitrogens with zero attached hydrogens (tertiary/aromatic N) is 2. The van der Waals surface area contributed by atoms with E-state index in [1.165, 1.54) is 5.69 Å². The monoisotopic (exact) mass is 375 g/mol. The number of alkyl carbamates (subject to hydrolysis) is 1. The topological polar surface area (TPSA) is 78.0 Å². The molecule has 1 aromatic carbocycles. The number of rotatable bonds is 6. The lowest BCUT2D eigenvalue weighted by Crippen LogP contribution is -2.45. The number of carbonyl (C=O) groups is 1. The largest absolute Gasteiger partial charge is 0.444 e. The second-order valence-corrected chi connectivity index (χ2v) is 7.60. The summed E-state index contributed by atoms with van der Waals surface area (Å²) in [5, 5.41) is 9.49. The molecule has 0 aliphatic carbocycles. The molecule has 150 valence electrons. The Labute approximate surface area is 162 Å². The molecule has 7 nitrogen and oxygen atoms in total. The number of hydrogen-bond acceptors (Lipinski definition) is 4. The SMILES string of the molecule is CCNC(=NCCNC(=O)OC(C)(C)C)NC1CCN(c2ccccc2)C1. The maximum absolute atomic E-state index is 11.7. The lowest BCUT2D eigenvalue weighted by molar-refractivity contribution is 0.0529. The Balaban J connectivity index is 1.78. The van der Waals surface area contributed by atoms with Crippen LogP contribution in [0.25, 0.3) is 0 Å². The third kappa shape index (κ3) is 7.76. The van der Waals surface area contributed by atoms with E-state index in [1.807, 2.05) is 33.8 Å². The third-order valence-electron chi connectivity index (χ3n) is 4.04. The Morgan fingerprint density at radius 2 is 2.00 bits per heavy atom. The molecule has 1 aliphatic heterocycles. The van der Waals surface area contributed by atoms with Crippen molar-refractivity contribution in [2.75, 3.05) is 37.6 Å². The molecule has 0 saturated carbocycles. The van der Waals surface area contributed by atoms with Crippen molar-refractivity contribution in [3.63, 3.8) is 0 Å². The summed E-state index contributed by atoms with van der Waals surface area (Å²) in [6, 6.07) is 10.8. The highest BCUT2D eigenvalue weighted by Gasteiger charge is 2.23. The molecule has 1 aromatic rings. The minimum atomic E-state index is -0.489. The second-order valence-electron chi connectivity index (χ2n) is 7.60. The molecule has 1 saturated heterocycles. The van der Waals surface area contributed by atoms with E-state index < -0.39 is 11.7 Å². The lowest BCUT2D eigenvalue weighted by Gasteiger charge is -2.20. The van der Waals surface area contributed by atoms with Crippen molar-refractivity contribution in [1.82, 2.24) is 16.0 Å². The van der Waals surface area contributed by atoms with Crippen LogP contribution < -0.4 is 20.9 Å². The molecular weight excluding hydrogens is 342 g/mol. The van der Waals surface area contributed by atoms with Crippen LogP contribution in [0.4, 0.5) is 10.5 Å². The molecule has 1 unspecified atom stereocenters. The fourth-order valence-electron chi connectivity index (χ4n) is 2.90. The Morgan fingerprint density at radius 3 is 2.67 bits per heavy atom. The van der Waals surface area contributed by atoms with Gasteiger partial charge in [-0.25, -0.2) is 4.79 Å². The summed E-state index contributed by atoms with van der Waals surface area (Å²) in [7, 11) is 0. The average Bonchev–Trinajstić information content (AvgIpc) is 3.06. The highest BCUT2D eigenvalue weighted by Crippen LogP contribution is 2.19. The standard InChI is InChI=1S/C20H33N5O2/c1-5-21-18(22-12-13-23-19(26)27-20(2,3)4)24-16-11-14-25(15-16)17-9-7-6-8-10-17/h6-10,16H,5,11-15H2,1-4H3,(H,23,26)(H2,21,22,24). The minimum Gasteiger partial charge on any atom is -0.444 e. The third-order valence-corrected chi connectivity index (χ3v) is 4.04. The fraction of sp³-hybridized carbons (Fsp3) is 0.600. The number of benzene rings is 1. The second kappa shape index (κ2) is 10.0. The Kier molecular flexibility index (Phi) is 7.76. The number of para-hydroxylation sites is 1. The van der Waals surface area contributed by atoms with Crippen LogP contribution in [0.15, 0.2) is 35.3 Å². The van der Waals surface area contributed by atoms with Crippen molar-refractivity contribution < 1.29 is 9.53 Å². The van der Waals surface area contributed by atoms with Gasteiger partial charge in [0.2, 0.25) is 0 Å². The molecule has 3 N–H and O–H groups in total. The van der Waals surface area contributed by atoms with Gasteiger partial charge in [-0.15, -0.1) is 0 Å². The van der Waals surface area contributed by atoms with Gasteiger partial charge in [0.25, 0.3) is 0 Å². The number of anilines is 1. The first-order chi connectivity index (χ1) is 12.9. The molecule has 1 atom stereocenters. The molecule has 1 amide bonds. The molecular formula is C20H33N5O2. The first-order valence-electron chi connectivity index (χ1n) is 9.69. The molecule has 0 radical (unpaired) electrons. The van der Waals surface area contributed by atoms with Gasteiger partial charge in [0, 0.05) is 37.9 Å². The van der Waals surface area contributed by atoms with Gasteiger partial charge >= 0.3 is 6.09 Å². The van der Waals surface area contributed by atoms with Gasteiger partial charge in [-0.1, -0.05) is 18.2 Å². The van der Waals surface area contributed by atoms with Crippen LogP contribution in [0, 0.1) is 0 Å². The van der Waals surface area contributed by atoms with Crippen LogP contribution in [0.3, 0.4) is 0 Å². The predicted molar refractivity (Wildman–Crippen MR) is 110 cm³/mol. The fourth-order valence-corrected chi connectivity index (χ4v) is 2.90. The molecule has 0 spiro atoms. The maximum Gasteiger partial charge on any atom is 0.407 e. The Morgan fingerprint density at radius 1 is 1.26 bits per heavy atom. The summed E-state index contributed by atoms with van der Waals surface area (Å²) in [5.41, 5.74) is 0.766. The molecule has 27 heavy (non-hydrogen) atoms. The zero-order valence-electron chi connectivity index (χ0n) is 16.9. The van der Waals surface area contributed by atoms with E-state index >= 15 is 0 Å². The smallest absolute Gasteiger partial charge is 0.407 e. The van der Waals surface area contributed by atoms with Crippen LogP contribution in [0.1, 0.15) is 34.1 Å². The van der Waals surface area contributed by atoms with E-state index in [9.17, 15) is 4.79 Å². The van der Waals surface area contributed by atoms with Crippen LogP contribution in [0.5, 0.6) is 0 Å². The Bertz CT molecular complexity index is 613. The first kappa shape index (κ1) is 20.9. The van der Waals surface area contributed by atoms with Crippen molar-refractivity contribution >= 4 is 17.7 Å². The summed E-state index contributed by atoms with van der Waals surface area (Å²) in [4.78, 5) is 18.6. The van der Waals surface area contributed by atoms with E-state index in [2.05, 4.69) is 50.1 Å². The van der Waals surface area contributed by atoms with Crippen LogP contribution >= 0.6 is 0 Å². The number of amides is 1. The van der Waals surface area contributed by atoms with E-state index in [0.717, 1.165) is 32.0 Å². The highest BCUT2D eigenvalue weighted by atomic mass is 16.6. The molecule has 7 heteroatoms. The highest BCUT2D eigenvalue weighted by molar-refractivity contribution is 5.80. The van der Waals surface area contributed by atoms with E-state index in [-0.39, 0.29) is 0 Å². The van der Waals surface area contributed by atoms with Gasteiger partial charge < -0.3 is 25.6 Å². The zero-order chi connectivity index (χ0) is 19.7. The summed E-state index contributed by atoms with van der Waals surface area (Å²) in [6.45, 7) is 11.3. The number of aliphatic imine (C=N–C) groups is 1. The number of carbonyl (C=O) groups excluding carboxylic acids is 1. The van der Waals surface area contributed by atoms with Crippen LogP contribution in [-0.4, -0.2) is 56.4 Å². The molecule has 1 aliphatic rings. The van der Waals surface area contributed by atoms with E-state index in [0.29, 0.717) is 19.1 Å². The van der Waals surface area contributed by atoms with Crippen molar-refractivity contribution in [3.05, 3.63) is 30.3 Å². The molecule has 1 heterocycles. The van der Waals surface area contributed by atoms with Gasteiger partial charge in [0.1, 0.15) is 5.60 Å². The summed E-state index contributed by atoms with van der Waals surface area (Å²) >= 11 is 0. The summed E-state index contributed by atoms with van der Waals surface area (Å²) in [6.07, 6.45) is 0.653. The van der Waals surface area contributed by atoms with E-state index in [1.54, 1.807) is 0 Å². The Hall–Kier alpha value is -2.44. The van der Waals surface area contributed by atoms with Crippen molar-refractivity contribution in [2.24, 2.45) is 4.99 Å². The van der Waals surface area contributed by atoms with Crippen LogP contribution in [0.2, 0.25) is 0 Å². The van der Waals surface area contributed by atoms with E-state index in [4.69, 9.17) is 4.74 Å². The molecule has 1 fully saturated rings. The van der Waals surface area contributed by atoms with Crippen molar-refractivity contribution in [3.8, 4) is 0 Å². The lowest BCUT2D eigenvalue weighted by atomic mass is 10.2. The molecule has 0 bridgehead atoms. The normalized spacial score (nSPS) is 17.6. The quantitative estimate of drug-likeness (QED) is 0.404. The maximum atomic E-state index is 11.7. The van der Waals surface area contributed by atoms with Gasteiger partial charge in [-0.3, -0.25) is 4.99 Å². The number of ether oxygens (including phenoxy) is 1. The summed E-state index contributed by atoms with van der Waals surface area (Å²) < 4.78 is 5.22. The average molecular weight is 376 g/mol. The number of guanidine groups is 1. The van der Waals surface area contributed by atoms with Gasteiger partial charge in [-0.2, -0.15) is 0 Å². The first-order valence-corrected chi connectivity index (χ1v) is 9.69. The number of nitrogens with one attached hydrogen (secondary N) is 3. The molecule has 0 aromatic heterocycles. The zero-order valence-corrected chi connectivity index (χ0v) is 16.9. The number of hydrogen-bond donors (Lipinski definition) is 3. The minimum absolute atomic E-state index is 0.349. The predicted octanol–water partition coefficient (Wildman–Crippen LogP) is 2.35. The van der Waals surface area contributed by atoms with Gasteiger partial charge in [0.05, 0.1) is 6.54 Å². The van der Waals surface area contributed by atoms with Crippen molar-refractivity contribution in [1.29, 1.82) is 0 Å². The molecule has 2 rings (SSSR count). The van der Waals surface area contributed by atoms with Crippen LogP contribution in [-0.2, 0) is 4.74 Å². The summed E-state index contributed by atoms with van der Waals surface area (Å²) in [5.74, 6) is 0.781. The van der Waals surface area contributed by atoms with Crippen molar-refractivity contribution in [2.45, 2.75) is 45.8 Å². The van der Waals surface area contributed by atoms with Gasteiger partial charge in [-0.05, 0) is 46.2 Å².